The Bertz CT molecular complexity index is 350. The van der Waals surface area contributed by atoms with Crippen LogP contribution in [0, 0.1) is 0 Å². The Balaban J connectivity index is 0.00000128. The fourth-order valence-electron chi connectivity index (χ4n) is 1.54. The van der Waals surface area contributed by atoms with E-state index in [2.05, 4.69) is 60.7 Å². The third kappa shape index (κ3) is 6.63. The molecule has 0 bridgehead atoms. The molecule has 0 heterocycles. The summed E-state index contributed by atoms with van der Waals surface area (Å²) >= 11 is -0.258. The number of hydrogen-bond acceptors (Lipinski definition) is 0. The second kappa shape index (κ2) is 10.2. The average molecular weight is 461 g/mol. The van der Waals surface area contributed by atoms with Crippen molar-refractivity contribution in [2.75, 3.05) is 0 Å². The van der Waals surface area contributed by atoms with Crippen LogP contribution < -0.4 is 34.0 Å². The molecular formula is C14H14Br2Sn. The van der Waals surface area contributed by atoms with Crippen LogP contribution in [0.3, 0.4) is 0 Å². The Morgan fingerprint density at radius 2 is 0.941 bits per heavy atom. The molecule has 0 radical (unpaired) electrons. The number of hydrogen-bond donors (Lipinski definition) is 0. The third-order valence-electron chi connectivity index (χ3n) is 2.34. The van der Waals surface area contributed by atoms with E-state index in [0.29, 0.717) is 0 Å². The van der Waals surface area contributed by atoms with E-state index in [0.717, 1.165) is 0 Å². The first-order chi connectivity index (χ1) is 7.45. The molecule has 0 aliphatic carbocycles. The summed E-state index contributed by atoms with van der Waals surface area (Å²) in [7, 11) is 0. The summed E-state index contributed by atoms with van der Waals surface area (Å²) in [5, 5.41) is 0. The minimum absolute atomic E-state index is 0. The Kier molecular flexibility index (Phi) is 10.3. The van der Waals surface area contributed by atoms with E-state index in [-0.39, 0.29) is 55.1 Å². The van der Waals surface area contributed by atoms with Crippen LogP contribution in [0.2, 0.25) is 0 Å². The van der Waals surface area contributed by atoms with E-state index in [1.807, 2.05) is 0 Å². The molecule has 3 heteroatoms. The van der Waals surface area contributed by atoms with Crippen molar-refractivity contribution < 1.29 is 34.0 Å². The zero-order valence-corrected chi connectivity index (χ0v) is 15.5. The van der Waals surface area contributed by atoms with Crippen molar-refractivity contribution in [1.82, 2.24) is 0 Å². The topological polar surface area (TPSA) is 0 Å². The summed E-state index contributed by atoms with van der Waals surface area (Å²) < 4.78 is 2.69. The number of benzene rings is 2. The van der Waals surface area contributed by atoms with E-state index < -0.39 is 0 Å². The van der Waals surface area contributed by atoms with Crippen molar-refractivity contribution >= 4 is 21.1 Å². The van der Waals surface area contributed by atoms with Crippen molar-refractivity contribution in [2.24, 2.45) is 0 Å². The van der Waals surface area contributed by atoms with Crippen LogP contribution in [0.4, 0.5) is 0 Å². The number of halogens is 2. The molecule has 2 rings (SSSR count). The second-order valence-corrected chi connectivity index (χ2v) is 7.02. The zero-order valence-electron chi connectivity index (χ0n) is 9.44. The van der Waals surface area contributed by atoms with Gasteiger partial charge in [-0.3, -0.25) is 0 Å². The van der Waals surface area contributed by atoms with Gasteiger partial charge in [-0.1, -0.05) is 0 Å². The molecule has 0 fully saturated rings. The van der Waals surface area contributed by atoms with Crippen molar-refractivity contribution in [3.63, 3.8) is 0 Å². The summed E-state index contributed by atoms with van der Waals surface area (Å²) in [5.74, 6) is 0. The first-order valence-corrected chi connectivity index (χ1v) is 9.27. The molecule has 88 valence electrons. The average Bonchev–Trinajstić information content (AvgIpc) is 2.32. The molecule has 0 atom stereocenters. The van der Waals surface area contributed by atoms with Gasteiger partial charge in [0.1, 0.15) is 0 Å². The molecule has 0 saturated carbocycles. The molecule has 17 heavy (non-hydrogen) atoms. The molecule has 0 aromatic heterocycles. The molecule has 0 aliphatic rings. The molecule has 2 aromatic carbocycles. The van der Waals surface area contributed by atoms with Crippen LogP contribution >= 0.6 is 0 Å². The standard InChI is InChI=1S/2C7H7.2BrH.Sn/c2*1-7-5-3-2-4-6-7;;;/h2*2-6H,1H2;2*1H;/q;;;;+2/p-2. The van der Waals surface area contributed by atoms with E-state index in [4.69, 9.17) is 0 Å². The van der Waals surface area contributed by atoms with Crippen LogP contribution in [-0.4, -0.2) is 21.1 Å². The molecule has 0 saturated heterocycles. The van der Waals surface area contributed by atoms with E-state index in [1.54, 1.807) is 0 Å². The summed E-state index contributed by atoms with van der Waals surface area (Å²) in [5.41, 5.74) is 3.03. The third-order valence-corrected chi connectivity index (χ3v) is 6.10. The van der Waals surface area contributed by atoms with Gasteiger partial charge >= 0.3 is 102 Å². The summed E-state index contributed by atoms with van der Waals surface area (Å²) in [6.45, 7) is 0. The van der Waals surface area contributed by atoms with Gasteiger partial charge in [0.2, 0.25) is 0 Å². The van der Waals surface area contributed by atoms with Gasteiger partial charge in [0.05, 0.1) is 0 Å². The van der Waals surface area contributed by atoms with Crippen LogP contribution in [0.25, 0.3) is 0 Å². The summed E-state index contributed by atoms with van der Waals surface area (Å²) in [6, 6.07) is 21.7. The van der Waals surface area contributed by atoms with Gasteiger partial charge in [-0.25, -0.2) is 0 Å². The van der Waals surface area contributed by atoms with Crippen molar-refractivity contribution in [2.45, 2.75) is 8.87 Å². The number of rotatable bonds is 4. The van der Waals surface area contributed by atoms with Crippen molar-refractivity contribution in [1.29, 1.82) is 0 Å². The van der Waals surface area contributed by atoms with Crippen molar-refractivity contribution in [3.8, 4) is 0 Å². The first kappa shape index (κ1) is 17.2. The molecule has 0 nitrogen and oxygen atoms in total. The Morgan fingerprint density at radius 1 is 0.588 bits per heavy atom. The SMILES string of the molecule is [Br-].[Br-].c1ccc([CH2][Sn+2][CH2]c2ccccc2)cc1. The molecule has 0 unspecified atom stereocenters. The molecule has 0 aliphatic heterocycles. The fraction of sp³-hybridized carbons (Fsp3) is 0.143. The van der Waals surface area contributed by atoms with Gasteiger partial charge in [-0.05, 0) is 0 Å². The quantitative estimate of drug-likeness (QED) is 0.430. The maximum atomic E-state index is 2.24. The first-order valence-electron chi connectivity index (χ1n) is 5.24. The van der Waals surface area contributed by atoms with Gasteiger partial charge < -0.3 is 34.0 Å². The maximum absolute atomic E-state index is 2.24. The normalized spacial score (nSPS) is 8.47. The molecular weight excluding hydrogens is 447 g/mol. The molecule has 0 spiro atoms. The summed E-state index contributed by atoms with van der Waals surface area (Å²) in [4.78, 5) is 0. The van der Waals surface area contributed by atoms with Crippen molar-refractivity contribution in [3.05, 3.63) is 71.8 Å². The van der Waals surface area contributed by atoms with E-state index >= 15 is 0 Å². The minimum atomic E-state index is -0.258. The van der Waals surface area contributed by atoms with Crippen LogP contribution in [-0.2, 0) is 8.87 Å². The van der Waals surface area contributed by atoms with Crippen LogP contribution in [0.5, 0.6) is 0 Å². The van der Waals surface area contributed by atoms with Gasteiger partial charge in [0, 0.05) is 0 Å². The van der Waals surface area contributed by atoms with Crippen LogP contribution in [0.15, 0.2) is 60.7 Å². The zero-order chi connectivity index (χ0) is 10.3. The monoisotopic (exact) mass is 460 g/mol. The van der Waals surface area contributed by atoms with Gasteiger partial charge in [-0.15, -0.1) is 0 Å². The predicted molar refractivity (Wildman–Crippen MR) is 66.0 cm³/mol. The second-order valence-electron chi connectivity index (χ2n) is 3.57. The fourth-order valence-corrected chi connectivity index (χ4v) is 4.89. The van der Waals surface area contributed by atoms with Gasteiger partial charge in [-0.2, -0.15) is 0 Å². The van der Waals surface area contributed by atoms with Crippen LogP contribution in [0.1, 0.15) is 11.1 Å². The van der Waals surface area contributed by atoms with Gasteiger partial charge in [0.15, 0.2) is 0 Å². The molecule has 0 amide bonds. The van der Waals surface area contributed by atoms with E-state index in [9.17, 15) is 0 Å². The Morgan fingerprint density at radius 3 is 1.29 bits per heavy atom. The predicted octanol–water partition coefficient (Wildman–Crippen LogP) is -2.90. The molecule has 0 N–H and O–H groups in total. The Hall–Kier alpha value is 0.199. The van der Waals surface area contributed by atoms with Gasteiger partial charge in [0.25, 0.3) is 0 Å². The Labute approximate surface area is 135 Å². The molecule has 2 aromatic rings. The van der Waals surface area contributed by atoms with E-state index in [1.165, 1.54) is 20.0 Å². The summed E-state index contributed by atoms with van der Waals surface area (Å²) in [6.07, 6.45) is 0.